The van der Waals surface area contributed by atoms with E-state index in [-0.39, 0.29) is 5.41 Å². The molecule has 0 radical (unpaired) electrons. The Morgan fingerprint density at radius 2 is 1.21 bits per heavy atom. The summed E-state index contributed by atoms with van der Waals surface area (Å²) in [5.74, 6) is 0.669. The second-order valence-corrected chi connectivity index (χ2v) is 14.0. The molecule has 0 bridgehead atoms. The molecule has 3 atom stereocenters. The van der Waals surface area contributed by atoms with E-state index in [0.717, 1.165) is 5.69 Å². The monoisotopic (exact) mass is 615 g/mol. The largest absolute Gasteiger partial charge is 0.355 e. The number of fused-ring (bicyclic) bond motifs is 11. The molecule has 3 unspecified atom stereocenters. The lowest BCUT2D eigenvalue weighted by atomic mass is 9.65. The first-order valence-electron chi connectivity index (χ1n) is 17.6. The SMILES string of the molecule is C1=CC2c3ccccc3C3(c4ccccc4-c4cc(-c5ccc6c(c5)CCCC6)c(Nc5ccc(-c6ccccc6)cc5)cc43)C2C=C1. The van der Waals surface area contributed by atoms with Gasteiger partial charge in [0.1, 0.15) is 0 Å². The van der Waals surface area contributed by atoms with E-state index >= 15 is 0 Å². The van der Waals surface area contributed by atoms with Crippen molar-refractivity contribution in [2.75, 3.05) is 5.32 Å². The molecule has 48 heavy (non-hydrogen) atoms. The van der Waals surface area contributed by atoms with Crippen LogP contribution < -0.4 is 5.32 Å². The number of hydrogen-bond donors (Lipinski definition) is 1. The summed E-state index contributed by atoms with van der Waals surface area (Å²) < 4.78 is 0. The van der Waals surface area contributed by atoms with Crippen molar-refractivity contribution in [1.82, 2.24) is 0 Å². The number of aryl methyl sites for hydroxylation is 2. The number of hydrogen-bond acceptors (Lipinski definition) is 1. The number of nitrogens with one attached hydrogen (secondary N) is 1. The molecule has 1 spiro atoms. The standard InChI is InChI=1S/C47H37N/c1-2-12-31(13-3-1)33-24-26-36(27-25-33)48-46-30-45-41(29-40(46)35-23-22-32-14-4-5-15-34(32)28-35)39-18-8-11-21-44(39)47(45)42-19-9-6-16-37(42)38-17-7-10-20-43(38)47/h1-3,6-13,16-30,37,42,48H,4-5,14-15H2. The number of benzene rings is 6. The molecule has 4 aliphatic carbocycles. The number of rotatable bonds is 4. The Kier molecular flexibility index (Phi) is 6.24. The number of allylic oxidation sites excluding steroid dienone is 4. The summed E-state index contributed by atoms with van der Waals surface area (Å²) in [6.07, 6.45) is 14.3. The maximum Gasteiger partial charge on any atom is 0.0538 e. The predicted molar refractivity (Wildman–Crippen MR) is 200 cm³/mol. The fourth-order valence-electron chi connectivity index (χ4n) is 9.42. The Morgan fingerprint density at radius 3 is 2.08 bits per heavy atom. The summed E-state index contributed by atoms with van der Waals surface area (Å²) in [5.41, 5.74) is 18.5. The summed E-state index contributed by atoms with van der Waals surface area (Å²) in [5, 5.41) is 3.96. The van der Waals surface area contributed by atoms with Gasteiger partial charge >= 0.3 is 0 Å². The third-order valence-electron chi connectivity index (χ3n) is 11.5. The predicted octanol–water partition coefficient (Wildman–Crippen LogP) is 11.8. The topological polar surface area (TPSA) is 12.0 Å². The van der Waals surface area contributed by atoms with Crippen molar-refractivity contribution in [3.8, 4) is 33.4 Å². The van der Waals surface area contributed by atoms with E-state index < -0.39 is 0 Å². The number of anilines is 2. The van der Waals surface area contributed by atoms with Gasteiger partial charge in [0.15, 0.2) is 0 Å². The maximum atomic E-state index is 3.96. The molecule has 0 saturated carbocycles. The molecule has 0 aromatic heterocycles. The van der Waals surface area contributed by atoms with Gasteiger partial charge in [-0.2, -0.15) is 0 Å². The van der Waals surface area contributed by atoms with Gasteiger partial charge < -0.3 is 5.32 Å². The summed E-state index contributed by atoms with van der Waals surface area (Å²) >= 11 is 0. The van der Waals surface area contributed by atoms with Gasteiger partial charge in [0.2, 0.25) is 0 Å². The van der Waals surface area contributed by atoms with E-state index in [2.05, 4.69) is 163 Å². The van der Waals surface area contributed by atoms with Crippen LogP contribution in [0.3, 0.4) is 0 Å². The van der Waals surface area contributed by atoms with Crippen LogP contribution in [0.1, 0.15) is 52.1 Å². The maximum absolute atomic E-state index is 3.96. The summed E-state index contributed by atoms with van der Waals surface area (Å²) in [7, 11) is 0. The molecule has 0 heterocycles. The zero-order valence-corrected chi connectivity index (χ0v) is 27.0. The van der Waals surface area contributed by atoms with Gasteiger partial charge in [-0.05, 0) is 111 Å². The smallest absolute Gasteiger partial charge is 0.0538 e. The van der Waals surface area contributed by atoms with Crippen molar-refractivity contribution in [2.24, 2.45) is 5.92 Å². The second kappa shape index (κ2) is 10.8. The lowest BCUT2D eigenvalue weighted by Gasteiger charge is -2.36. The Bertz CT molecular complexity index is 2270. The van der Waals surface area contributed by atoms with E-state index in [0.29, 0.717) is 11.8 Å². The minimum atomic E-state index is -0.254. The molecule has 4 aliphatic rings. The van der Waals surface area contributed by atoms with Crippen molar-refractivity contribution in [3.63, 3.8) is 0 Å². The zero-order valence-electron chi connectivity index (χ0n) is 27.0. The minimum absolute atomic E-state index is 0.254. The molecule has 0 saturated heterocycles. The highest BCUT2D eigenvalue weighted by molar-refractivity contribution is 5.94. The molecule has 1 heteroatoms. The van der Waals surface area contributed by atoms with Gasteiger partial charge in [0.05, 0.1) is 5.41 Å². The summed E-state index contributed by atoms with van der Waals surface area (Å²) in [6, 6.07) is 50.2. The van der Waals surface area contributed by atoms with E-state index in [1.54, 1.807) is 0 Å². The van der Waals surface area contributed by atoms with Crippen molar-refractivity contribution >= 4 is 11.4 Å². The van der Waals surface area contributed by atoms with Crippen LogP contribution in [-0.4, -0.2) is 0 Å². The summed E-state index contributed by atoms with van der Waals surface area (Å²) in [6.45, 7) is 0. The lowest BCUT2D eigenvalue weighted by Crippen LogP contribution is -2.33. The zero-order chi connectivity index (χ0) is 31.7. The first-order chi connectivity index (χ1) is 23.8. The van der Waals surface area contributed by atoms with Gasteiger partial charge in [-0.15, -0.1) is 0 Å². The van der Waals surface area contributed by atoms with Crippen molar-refractivity contribution < 1.29 is 0 Å². The average molecular weight is 616 g/mol. The van der Waals surface area contributed by atoms with Crippen LogP contribution in [0.4, 0.5) is 11.4 Å². The third-order valence-corrected chi connectivity index (χ3v) is 11.5. The minimum Gasteiger partial charge on any atom is -0.355 e. The van der Waals surface area contributed by atoms with E-state index in [4.69, 9.17) is 0 Å². The quantitative estimate of drug-likeness (QED) is 0.208. The molecular formula is C47H37N. The average Bonchev–Trinajstić information content (AvgIpc) is 3.62. The second-order valence-electron chi connectivity index (χ2n) is 14.0. The van der Waals surface area contributed by atoms with Crippen molar-refractivity contribution in [1.29, 1.82) is 0 Å². The van der Waals surface area contributed by atoms with Crippen LogP contribution in [0.15, 0.2) is 158 Å². The van der Waals surface area contributed by atoms with E-state index in [9.17, 15) is 0 Å². The Hall–Kier alpha value is -5.40. The van der Waals surface area contributed by atoms with Gasteiger partial charge in [-0.1, -0.05) is 133 Å². The van der Waals surface area contributed by atoms with Crippen LogP contribution in [-0.2, 0) is 18.3 Å². The van der Waals surface area contributed by atoms with Crippen molar-refractivity contribution in [3.05, 3.63) is 191 Å². The van der Waals surface area contributed by atoms with E-state index in [1.807, 2.05) is 0 Å². The third kappa shape index (κ3) is 4.04. The Labute approximate surface area is 283 Å². The van der Waals surface area contributed by atoms with Crippen LogP contribution >= 0.6 is 0 Å². The first-order valence-corrected chi connectivity index (χ1v) is 17.6. The highest BCUT2D eigenvalue weighted by Crippen LogP contribution is 2.66. The van der Waals surface area contributed by atoms with E-state index in [1.165, 1.54) is 98.1 Å². The fourth-order valence-corrected chi connectivity index (χ4v) is 9.42. The molecule has 1 N–H and O–H groups in total. The molecule has 6 aromatic rings. The van der Waals surface area contributed by atoms with Gasteiger partial charge in [-0.25, -0.2) is 0 Å². The van der Waals surface area contributed by atoms with Gasteiger partial charge in [-0.3, -0.25) is 0 Å². The summed E-state index contributed by atoms with van der Waals surface area (Å²) in [4.78, 5) is 0. The highest BCUT2D eigenvalue weighted by atomic mass is 14.9. The molecule has 0 amide bonds. The molecule has 10 rings (SSSR count). The van der Waals surface area contributed by atoms with Gasteiger partial charge in [0, 0.05) is 28.8 Å². The van der Waals surface area contributed by atoms with Crippen LogP contribution in [0.5, 0.6) is 0 Å². The Balaban J connectivity index is 1.20. The normalized spacial score (nSPS) is 20.9. The van der Waals surface area contributed by atoms with Gasteiger partial charge in [0.25, 0.3) is 0 Å². The first kappa shape index (κ1) is 27.7. The molecule has 1 nitrogen and oxygen atoms in total. The highest BCUT2D eigenvalue weighted by Gasteiger charge is 2.57. The Morgan fingerprint density at radius 1 is 0.500 bits per heavy atom. The van der Waals surface area contributed by atoms with Crippen LogP contribution in [0.25, 0.3) is 33.4 Å². The van der Waals surface area contributed by atoms with Crippen molar-refractivity contribution in [2.45, 2.75) is 37.0 Å². The molecule has 6 aromatic carbocycles. The molecule has 0 fully saturated rings. The molecular weight excluding hydrogens is 579 g/mol. The molecule has 230 valence electrons. The van der Waals surface area contributed by atoms with Crippen LogP contribution in [0, 0.1) is 5.92 Å². The fraction of sp³-hybridized carbons (Fsp3) is 0.149. The molecule has 0 aliphatic heterocycles. The lowest BCUT2D eigenvalue weighted by molar-refractivity contribution is 0.466. The van der Waals surface area contributed by atoms with Crippen LogP contribution in [0.2, 0.25) is 0 Å².